The normalized spacial score (nSPS) is 12.3. The molecule has 0 bridgehead atoms. The van der Waals surface area contributed by atoms with Gasteiger partial charge in [0.2, 0.25) is 0 Å². The van der Waals surface area contributed by atoms with Crippen LogP contribution in [0.5, 0.6) is 5.75 Å². The molecule has 0 amide bonds. The van der Waals surface area contributed by atoms with E-state index in [4.69, 9.17) is 4.74 Å². The third-order valence-corrected chi connectivity index (χ3v) is 4.38. The zero-order valence-electron chi connectivity index (χ0n) is 12.8. The molecule has 23 heavy (non-hydrogen) atoms. The summed E-state index contributed by atoms with van der Waals surface area (Å²) >= 11 is 1.56. The van der Waals surface area contributed by atoms with Gasteiger partial charge in [0.1, 0.15) is 17.7 Å². The topological polar surface area (TPSA) is 42.4 Å². The first-order valence-electron chi connectivity index (χ1n) is 7.09. The Labute approximate surface area is 138 Å². The van der Waals surface area contributed by atoms with Gasteiger partial charge in [0.25, 0.3) is 0 Å². The van der Waals surface area contributed by atoms with Crippen molar-refractivity contribution in [1.29, 1.82) is 0 Å². The van der Waals surface area contributed by atoms with Crippen LogP contribution in [0.1, 0.15) is 17.2 Å². The monoisotopic (exact) mass is 329 g/mol. The number of aliphatic hydroxyl groups is 1. The van der Waals surface area contributed by atoms with Crippen molar-refractivity contribution in [3.8, 4) is 5.75 Å². The van der Waals surface area contributed by atoms with Crippen molar-refractivity contribution in [2.24, 2.45) is 0 Å². The predicted molar refractivity (Wildman–Crippen MR) is 90.5 cm³/mol. The van der Waals surface area contributed by atoms with Gasteiger partial charge in [0, 0.05) is 10.9 Å². The van der Waals surface area contributed by atoms with E-state index in [1.165, 1.54) is 12.1 Å². The minimum Gasteiger partial charge on any atom is -0.496 e. The van der Waals surface area contributed by atoms with Gasteiger partial charge < -0.3 is 9.84 Å². The van der Waals surface area contributed by atoms with Crippen LogP contribution in [-0.2, 0) is 0 Å². The van der Waals surface area contributed by atoms with Crippen molar-refractivity contribution in [3.63, 3.8) is 0 Å². The Kier molecular flexibility index (Phi) is 4.50. The zero-order chi connectivity index (χ0) is 16.4. The van der Waals surface area contributed by atoms with Gasteiger partial charge in [-0.05, 0) is 48.2 Å². The summed E-state index contributed by atoms with van der Waals surface area (Å²) < 4.78 is 18.5. The second-order valence-electron chi connectivity index (χ2n) is 5.06. The first-order chi connectivity index (χ1) is 11.1. The molecule has 0 saturated carbocycles. The Balaban J connectivity index is 2.18. The van der Waals surface area contributed by atoms with Gasteiger partial charge >= 0.3 is 0 Å². The van der Waals surface area contributed by atoms with Gasteiger partial charge in [-0.1, -0.05) is 12.1 Å². The smallest absolute Gasteiger partial charge is 0.125 e. The molecule has 1 atom stereocenters. The van der Waals surface area contributed by atoms with E-state index < -0.39 is 6.10 Å². The third-order valence-electron chi connectivity index (χ3n) is 3.74. The van der Waals surface area contributed by atoms with Crippen LogP contribution >= 0.6 is 11.8 Å². The van der Waals surface area contributed by atoms with E-state index in [1.54, 1.807) is 37.1 Å². The quantitative estimate of drug-likeness (QED) is 0.729. The number of hydrogen-bond acceptors (Lipinski definition) is 4. The molecule has 0 spiro atoms. The lowest BCUT2D eigenvalue weighted by molar-refractivity contribution is 0.216. The van der Waals surface area contributed by atoms with Crippen LogP contribution in [0.4, 0.5) is 4.39 Å². The van der Waals surface area contributed by atoms with E-state index >= 15 is 0 Å². The molecule has 118 valence electrons. The van der Waals surface area contributed by atoms with Crippen molar-refractivity contribution >= 4 is 22.7 Å². The second-order valence-corrected chi connectivity index (χ2v) is 5.88. The number of fused-ring (bicyclic) bond motifs is 1. The number of thioether (sulfide) groups is 1. The fourth-order valence-corrected chi connectivity index (χ4v) is 2.97. The molecule has 0 fully saturated rings. The Hall–Kier alpha value is -2.11. The maximum atomic E-state index is 13.1. The number of nitrogens with zero attached hydrogens (tertiary/aromatic N) is 1. The molecule has 3 nitrogen and oxygen atoms in total. The molecule has 0 aliphatic rings. The first kappa shape index (κ1) is 15.8. The minimum atomic E-state index is -0.920. The van der Waals surface area contributed by atoms with Gasteiger partial charge in [-0.25, -0.2) is 9.37 Å². The highest BCUT2D eigenvalue weighted by Gasteiger charge is 2.19. The Morgan fingerprint density at radius 3 is 2.48 bits per heavy atom. The lowest BCUT2D eigenvalue weighted by Gasteiger charge is -2.18. The van der Waals surface area contributed by atoms with Crippen LogP contribution in [0.2, 0.25) is 0 Å². The summed E-state index contributed by atoms with van der Waals surface area (Å²) in [6.45, 7) is 0. The maximum absolute atomic E-state index is 13.1. The number of ether oxygens (including phenoxy) is 1. The number of pyridine rings is 1. The lowest BCUT2D eigenvalue weighted by atomic mass is 9.96. The Bertz CT molecular complexity index is 836. The highest BCUT2D eigenvalue weighted by molar-refractivity contribution is 7.98. The van der Waals surface area contributed by atoms with Crippen LogP contribution < -0.4 is 4.74 Å². The van der Waals surface area contributed by atoms with Crippen molar-refractivity contribution in [2.45, 2.75) is 11.1 Å². The fourth-order valence-electron chi connectivity index (χ4n) is 2.57. The van der Waals surface area contributed by atoms with E-state index in [0.717, 1.165) is 15.9 Å². The summed E-state index contributed by atoms with van der Waals surface area (Å²) in [6.07, 6.45) is 1.04. The SMILES string of the molecule is COc1ccc2nc(SC)ccc2c1C(O)c1ccc(F)cc1. The predicted octanol–water partition coefficient (Wildman–Crippen LogP) is 4.19. The number of methoxy groups -OCH3 is 1. The lowest BCUT2D eigenvalue weighted by Crippen LogP contribution is -2.04. The molecule has 1 N–H and O–H groups in total. The standard InChI is InChI=1S/C18H16FNO2S/c1-22-15-9-8-14-13(7-10-16(20-14)23-2)17(15)18(21)11-3-5-12(19)6-4-11/h3-10,18,21H,1-2H3. The molecule has 0 saturated heterocycles. The van der Waals surface area contributed by atoms with Gasteiger partial charge in [-0.3, -0.25) is 0 Å². The van der Waals surface area contributed by atoms with E-state index in [2.05, 4.69) is 4.98 Å². The van der Waals surface area contributed by atoms with E-state index in [1.807, 2.05) is 24.5 Å². The summed E-state index contributed by atoms with van der Waals surface area (Å²) in [5.41, 5.74) is 2.02. The molecule has 3 aromatic rings. The molecule has 1 aromatic heterocycles. The largest absolute Gasteiger partial charge is 0.496 e. The van der Waals surface area contributed by atoms with E-state index in [-0.39, 0.29) is 5.82 Å². The van der Waals surface area contributed by atoms with Crippen molar-refractivity contribution in [2.75, 3.05) is 13.4 Å². The summed E-state index contributed by atoms with van der Waals surface area (Å²) in [5.74, 6) is 0.241. The van der Waals surface area contributed by atoms with Crippen LogP contribution in [0.15, 0.2) is 53.6 Å². The molecular formula is C18H16FNO2S. The van der Waals surface area contributed by atoms with Gasteiger partial charge in [-0.2, -0.15) is 0 Å². The molecular weight excluding hydrogens is 313 g/mol. The van der Waals surface area contributed by atoms with Gasteiger partial charge in [0.15, 0.2) is 0 Å². The second kappa shape index (κ2) is 6.56. The van der Waals surface area contributed by atoms with Crippen molar-refractivity contribution in [3.05, 3.63) is 65.5 Å². The molecule has 1 unspecified atom stereocenters. The highest BCUT2D eigenvalue weighted by atomic mass is 32.2. The molecule has 0 aliphatic heterocycles. The summed E-state index contributed by atoms with van der Waals surface area (Å²) in [5, 5.41) is 12.5. The minimum absolute atomic E-state index is 0.336. The van der Waals surface area contributed by atoms with E-state index in [9.17, 15) is 9.50 Å². The van der Waals surface area contributed by atoms with Crippen LogP contribution in [0.3, 0.4) is 0 Å². The number of benzene rings is 2. The van der Waals surface area contributed by atoms with E-state index in [0.29, 0.717) is 16.9 Å². The first-order valence-corrected chi connectivity index (χ1v) is 8.31. The average Bonchev–Trinajstić information content (AvgIpc) is 2.60. The molecule has 0 radical (unpaired) electrons. The number of rotatable bonds is 4. The average molecular weight is 329 g/mol. The zero-order valence-corrected chi connectivity index (χ0v) is 13.6. The van der Waals surface area contributed by atoms with Gasteiger partial charge in [-0.15, -0.1) is 11.8 Å². The summed E-state index contributed by atoms with van der Waals surface area (Å²) in [7, 11) is 1.56. The van der Waals surface area contributed by atoms with Crippen LogP contribution in [-0.4, -0.2) is 23.5 Å². The maximum Gasteiger partial charge on any atom is 0.125 e. The molecule has 5 heteroatoms. The number of halogens is 1. The molecule has 2 aromatic carbocycles. The number of hydrogen-bond donors (Lipinski definition) is 1. The van der Waals surface area contributed by atoms with Crippen LogP contribution in [0, 0.1) is 5.82 Å². The third kappa shape index (κ3) is 3.02. The van der Waals surface area contributed by atoms with Crippen molar-refractivity contribution < 1.29 is 14.2 Å². The molecule has 1 heterocycles. The summed E-state index contributed by atoms with van der Waals surface area (Å²) in [6, 6.07) is 13.3. The number of aromatic nitrogens is 1. The van der Waals surface area contributed by atoms with Gasteiger partial charge in [0.05, 0.1) is 17.7 Å². The Morgan fingerprint density at radius 1 is 1.09 bits per heavy atom. The number of aliphatic hydroxyl groups excluding tert-OH is 1. The Morgan fingerprint density at radius 2 is 1.83 bits per heavy atom. The highest BCUT2D eigenvalue weighted by Crippen LogP contribution is 2.36. The van der Waals surface area contributed by atoms with Crippen molar-refractivity contribution in [1.82, 2.24) is 4.98 Å². The summed E-state index contributed by atoms with van der Waals surface area (Å²) in [4.78, 5) is 4.56. The fraction of sp³-hybridized carbons (Fsp3) is 0.167. The molecule has 3 rings (SSSR count). The molecule has 0 aliphatic carbocycles. The van der Waals surface area contributed by atoms with Crippen LogP contribution in [0.25, 0.3) is 10.9 Å².